The monoisotopic (exact) mass is 249 g/mol. The first kappa shape index (κ1) is 12.3. The van der Waals surface area contributed by atoms with Crippen LogP contribution in [0.5, 0.6) is 0 Å². The molecule has 7 heteroatoms. The van der Waals surface area contributed by atoms with Crippen LogP contribution in [0.15, 0.2) is 18.6 Å². The molecule has 0 radical (unpaired) electrons. The fourth-order valence-corrected chi connectivity index (χ4v) is 1.65. The second kappa shape index (κ2) is 5.44. The summed E-state index contributed by atoms with van der Waals surface area (Å²) in [6, 6.07) is 0. The van der Waals surface area contributed by atoms with Crippen molar-refractivity contribution in [2.24, 2.45) is 7.05 Å². The van der Waals surface area contributed by atoms with Crippen molar-refractivity contribution in [2.45, 2.75) is 25.8 Å². The fraction of sp³-hybridized carbons (Fsp3) is 0.455. The van der Waals surface area contributed by atoms with Crippen LogP contribution in [0.1, 0.15) is 17.9 Å². The first-order chi connectivity index (χ1) is 8.65. The lowest BCUT2D eigenvalue weighted by atomic mass is 10.2. The third-order valence-corrected chi connectivity index (χ3v) is 2.67. The minimum absolute atomic E-state index is 0.0814. The van der Waals surface area contributed by atoms with Crippen molar-refractivity contribution in [2.75, 3.05) is 0 Å². The van der Waals surface area contributed by atoms with Crippen molar-refractivity contribution >= 4 is 5.97 Å². The molecule has 96 valence electrons. The molecule has 0 spiro atoms. The molecule has 0 aliphatic rings. The van der Waals surface area contributed by atoms with Gasteiger partial charge >= 0.3 is 5.97 Å². The number of hydrogen-bond acceptors (Lipinski definition) is 4. The van der Waals surface area contributed by atoms with Gasteiger partial charge in [0.1, 0.15) is 5.82 Å². The van der Waals surface area contributed by atoms with Crippen molar-refractivity contribution in [1.82, 2.24) is 24.5 Å². The maximum Gasteiger partial charge on any atom is 0.303 e. The third-order valence-electron chi connectivity index (χ3n) is 2.67. The van der Waals surface area contributed by atoms with Crippen molar-refractivity contribution in [3.05, 3.63) is 30.1 Å². The average molecular weight is 249 g/mol. The lowest BCUT2D eigenvalue weighted by molar-refractivity contribution is -0.136. The molecular weight excluding hydrogens is 234 g/mol. The van der Waals surface area contributed by atoms with Crippen molar-refractivity contribution in [1.29, 1.82) is 0 Å². The highest BCUT2D eigenvalue weighted by molar-refractivity contribution is 5.66. The van der Waals surface area contributed by atoms with E-state index >= 15 is 0 Å². The lowest BCUT2D eigenvalue weighted by Gasteiger charge is -2.01. The van der Waals surface area contributed by atoms with Gasteiger partial charge in [0.2, 0.25) is 0 Å². The van der Waals surface area contributed by atoms with Gasteiger partial charge in [0.15, 0.2) is 0 Å². The molecule has 1 N–H and O–H groups in total. The van der Waals surface area contributed by atoms with Gasteiger partial charge in [-0.25, -0.2) is 4.98 Å². The Labute approximate surface area is 104 Å². The molecule has 0 fully saturated rings. The summed E-state index contributed by atoms with van der Waals surface area (Å²) < 4.78 is 3.67. The molecule has 0 saturated heterocycles. The summed E-state index contributed by atoms with van der Waals surface area (Å²) in [7, 11) is 1.95. The summed E-state index contributed by atoms with van der Waals surface area (Å²) >= 11 is 0. The Morgan fingerprint density at radius 3 is 2.94 bits per heavy atom. The van der Waals surface area contributed by atoms with Crippen LogP contribution in [0.3, 0.4) is 0 Å². The summed E-state index contributed by atoms with van der Waals surface area (Å²) in [6.45, 7) is 0.685. The van der Waals surface area contributed by atoms with E-state index in [-0.39, 0.29) is 6.42 Å². The summed E-state index contributed by atoms with van der Waals surface area (Å²) in [5.74, 6) is 0.162. The number of nitrogens with zero attached hydrogens (tertiary/aromatic N) is 5. The van der Waals surface area contributed by atoms with E-state index in [1.807, 2.05) is 17.8 Å². The van der Waals surface area contributed by atoms with Gasteiger partial charge in [0.25, 0.3) is 0 Å². The van der Waals surface area contributed by atoms with Crippen LogP contribution in [-0.4, -0.2) is 35.6 Å². The smallest absolute Gasteiger partial charge is 0.303 e. The van der Waals surface area contributed by atoms with E-state index in [1.165, 1.54) is 0 Å². The number of aromatic nitrogens is 5. The highest BCUT2D eigenvalue weighted by Gasteiger charge is 2.05. The summed E-state index contributed by atoms with van der Waals surface area (Å²) in [6.07, 6.45) is 6.71. The van der Waals surface area contributed by atoms with Crippen molar-refractivity contribution in [3.63, 3.8) is 0 Å². The molecule has 0 aliphatic carbocycles. The molecule has 2 aromatic rings. The first-order valence-electron chi connectivity index (χ1n) is 5.72. The van der Waals surface area contributed by atoms with E-state index in [2.05, 4.69) is 15.3 Å². The average Bonchev–Trinajstić information content (AvgIpc) is 2.93. The van der Waals surface area contributed by atoms with E-state index in [4.69, 9.17) is 5.11 Å². The molecule has 0 amide bonds. The van der Waals surface area contributed by atoms with Crippen LogP contribution >= 0.6 is 0 Å². The molecular formula is C11H15N5O2. The molecule has 0 aliphatic heterocycles. The summed E-state index contributed by atoms with van der Waals surface area (Å²) in [5.41, 5.74) is 0.706. The van der Waals surface area contributed by atoms with Crippen LogP contribution in [0.25, 0.3) is 0 Å². The Bertz CT molecular complexity index is 531. The number of aryl methyl sites for hydroxylation is 4. The number of aliphatic carboxylic acids is 1. The van der Waals surface area contributed by atoms with Crippen LogP contribution in [0.4, 0.5) is 0 Å². The molecule has 2 aromatic heterocycles. The van der Waals surface area contributed by atoms with Crippen LogP contribution in [0.2, 0.25) is 0 Å². The van der Waals surface area contributed by atoms with E-state index in [0.717, 1.165) is 12.2 Å². The van der Waals surface area contributed by atoms with E-state index in [0.29, 0.717) is 18.7 Å². The second-order valence-electron chi connectivity index (χ2n) is 4.07. The Kier molecular flexibility index (Phi) is 3.71. The quantitative estimate of drug-likeness (QED) is 0.794. The molecule has 0 unspecified atom stereocenters. The summed E-state index contributed by atoms with van der Waals surface area (Å²) in [5, 5.41) is 16.5. The molecule has 7 nitrogen and oxygen atoms in total. The first-order valence-corrected chi connectivity index (χ1v) is 5.72. The summed E-state index contributed by atoms with van der Waals surface area (Å²) in [4.78, 5) is 14.7. The number of carbonyl (C=O) groups is 1. The number of imidazole rings is 1. The SMILES string of the molecule is Cn1ccnc1CCn1cc(CCC(=O)O)nn1. The highest BCUT2D eigenvalue weighted by Crippen LogP contribution is 2.01. The Balaban J connectivity index is 1.87. The van der Waals surface area contributed by atoms with Crippen molar-refractivity contribution < 1.29 is 9.90 Å². The zero-order valence-corrected chi connectivity index (χ0v) is 10.2. The van der Waals surface area contributed by atoms with Gasteiger partial charge in [-0.3, -0.25) is 9.48 Å². The molecule has 0 atom stereocenters. The largest absolute Gasteiger partial charge is 0.481 e. The minimum Gasteiger partial charge on any atom is -0.481 e. The van der Waals surface area contributed by atoms with Crippen molar-refractivity contribution in [3.8, 4) is 0 Å². The maximum atomic E-state index is 10.4. The molecule has 0 saturated carbocycles. The normalized spacial score (nSPS) is 10.7. The van der Waals surface area contributed by atoms with Crippen LogP contribution in [0, 0.1) is 0 Å². The predicted molar refractivity (Wildman–Crippen MR) is 62.9 cm³/mol. The van der Waals surface area contributed by atoms with Gasteiger partial charge in [-0.15, -0.1) is 5.10 Å². The topological polar surface area (TPSA) is 85.8 Å². The van der Waals surface area contributed by atoms with Crippen LogP contribution < -0.4 is 0 Å². The van der Waals surface area contributed by atoms with Gasteiger partial charge in [0.05, 0.1) is 12.1 Å². The standard InChI is InChI=1S/C11H15N5O2/c1-15-7-5-12-10(15)4-6-16-8-9(13-14-16)2-3-11(17)18/h5,7-8H,2-4,6H2,1H3,(H,17,18). The Morgan fingerprint density at radius 2 is 2.28 bits per heavy atom. The zero-order chi connectivity index (χ0) is 13.0. The van der Waals surface area contributed by atoms with E-state index in [1.54, 1.807) is 17.1 Å². The van der Waals surface area contributed by atoms with Gasteiger partial charge in [-0.2, -0.15) is 0 Å². The molecule has 0 aromatic carbocycles. The highest BCUT2D eigenvalue weighted by atomic mass is 16.4. The van der Waals surface area contributed by atoms with Crippen LogP contribution in [-0.2, 0) is 31.2 Å². The maximum absolute atomic E-state index is 10.4. The molecule has 2 heterocycles. The van der Waals surface area contributed by atoms with Gasteiger partial charge in [-0.1, -0.05) is 5.21 Å². The number of carboxylic acids is 1. The minimum atomic E-state index is -0.822. The molecule has 18 heavy (non-hydrogen) atoms. The van der Waals surface area contributed by atoms with Gasteiger partial charge in [-0.05, 0) is 0 Å². The molecule has 2 rings (SSSR count). The number of rotatable bonds is 6. The Morgan fingerprint density at radius 1 is 1.44 bits per heavy atom. The number of carboxylic acid groups (broad SMARTS) is 1. The predicted octanol–water partition coefficient (Wildman–Crippen LogP) is 0.271. The lowest BCUT2D eigenvalue weighted by Crippen LogP contribution is -2.06. The number of hydrogen-bond donors (Lipinski definition) is 1. The Hall–Kier alpha value is -2.18. The molecule has 0 bridgehead atoms. The van der Waals surface area contributed by atoms with E-state index in [9.17, 15) is 4.79 Å². The third kappa shape index (κ3) is 3.16. The van der Waals surface area contributed by atoms with E-state index < -0.39 is 5.97 Å². The second-order valence-corrected chi connectivity index (χ2v) is 4.07. The fourth-order valence-electron chi connectivity index (χ4n) is 1.65. The van der Waals surface area contributed by atoms with Gasteiger partial charge < -0.3 is 9.67 Å². The van der Waals surface area contributed by atoms with Gasteiger partial charge in [0, 0.05) is 45.0 Å². The zero-order valence-electron chi connectivity index (χ0n) is 10.2.